The van der Waals surface area contributed by atoms with Crippen LogP contribution in [0.25, 0.3) is 5.88 Å². The summed E-state index contributed by atoms with van der Waals surface area (Å²) in [5.74, 6) is 0.517. The van der Waals surface area contributed by atoms with Gasteiger partial charge in [-0.25, -0.2) is 0 Å². The molecule has 1 N–H and O–H groups in total. The summed E-state index contributed by atoms with van der Waals surface area (Å²) in [4.78, 5) is 26.4. The summed E-state index contributed by atoms with van der Waals surface area (Å²) in [6.07, 6.45) is 4.77. The fourth-order valence-corrected chi connectivity index (χ4v) is 3.25. The molecule has 3 rings (SSSR count). The summed E-state index contributed by atoms with van der Waals surface area (Å²) >= 11 is 0. The molecule has 7 heteroatoms. The number of nitrogens with zero attached hydrogens (tertiary/aromatic N) is 3. The van der Waals surface area contributed by atoms with Crippen molar-refractivity contribution in [2.24, 2.45) is 5.92 Å². The Morgan fingerprint density at radius 3 is 2.48 bits per heavy atom. The van der Waals surface area contributed by atoms with Gasteiger partial charge >= 0.3 is 0 Å². The number of piperidine rings is 1. The number of nitriles is 1. The molecular formula is C18H20N4O3. The lowest BCUT2D eigenvalue weighted by molar-refractivity contribution is -0.125. The van der Waals surface area contributed by atoms with Crippen molar-refractivity contribution in [1.29, 1.82) is 5.26 Å². The van der Waals surface area contributed by atoms with Crippen LogP contribution in [0.1, 0.15) is 34.5 Å². The van der Waals surface area contributed by atoms with E-state index in [1.54, 1.807) is 35.8 Å². The zero-order valence-electron chi connectivity index (χ0n) is 14.3. The summed E-state index contributed by atoms with van der Waals surface area (Å²) in [6, 6.07) is 5.75. The molecule has 0 aromatic carbocycles. The van der Waals surface area contributed by atoms with Crippen LogP contribution < -0.4 is 5.32 Å². The van der Waals surface area contributed by atoms with Gasteiger partial charge in [-0.3, -0.25) is 14.2 Å². The molecule has 2 aromatic heterocycles. The van der Waals surface area contributed by atoms with Crippen LogP contribution in [0.15, 0.2) is 28.9 Å². The van der Waals surface area contributed by atoms with Crippen LogP contribution in [-0.2, 0) is 4.79 Å². The number of rotatable bonds is 3. The van der Waals surface area contributed by atoms with Crippen LogP contribution >= 0.6 is 0 Å². The fourth-order valence-electron chi connectivity index (χ4n) is 3.25. The number of carbonyl (C=O) groups is 2. The summed E-state index contributed by atoms with van der Waals surface area (Å²) in [6.45, 7) is 2.68. The molecule has 0 saturated carbocycles. The summed E-state index contributed by atoms with van der Waals surface area (Å²) in [7, 11) is 1.62. The number of hydrogen-bond donors (Lipinski definition) is 1. The van der Waals surface area contributed by atoms with E-state index >= 15 is 0 Å². The van der Waals surface area contributed by atoms with Gasteiger partial charge in [0.15, 0.2) is 0 Å². The van der Waals surface area contributed by atoms with Gasteiger partial charge in [0.2, 0.25) is 11.8 Å². The Kier molecular flexibility index (Phi) is 4.61. The molecule has 7 nitrogen and oxygen atoms in total. The number of aryl methyl sites for hydroxylation is 1. The molecule has 25 heavy (non-hydrogen) atoms. The molecule has 0 bridgehead atoms. The van der Waals surface area contributed by atoms with Crippen LogP contribution in [-0.4, -0.2) is 41.4 Å². The lowest BCUT2D eigenvalue weighted by Gasteiger charge is -2.31. The predicted molar refractivity (Wildman–Crippen MR) is 90.2 cm³/mol. The molecule has 130 valence electrons. The van der Waals surface area contributed by atoms with Crippen molar-refractivity contribution in [2.75, 3.05) is 20.1 Å². The molecular weight excluding hydrogens is 320 g/mol. The minimum absolute atomic E-state index is 0.0131. The molecule has 3 heterocycles. The molecule has 1 aliphatic rings. The van der Waals surface area contributed by atoms with Crippen LogP contribution in [0, 0.1) is 24.2 Å². The SMILES string of the molecule is CNC(=O)C1CCN(C(=O)c2c(C)oc(-n3cccc3)c2C#N)CC1. The van der Waals surface area contributed by atoms with E-state index in [4.69, 9.17) is 4.42 Å². The third-order valence-corrected chi connectivity index (χ3v) is 4.63. The maximum Gasteiger partial charge on any atom is 0.258 e. The van der Waals surface area contributed by atoms with Crippen LogP contribution in [0.3, 0.4) is 0 Å². The maximum absolute atomic E-state index is 12.9. The molecule has 0 radical (unpaired) electrons. The zero-order valence-corrected chi connectivity index (χ0v) is 14.3. The molecule has 1 saturated heterocycles. The first-order chi connectivity index (χ1) is 12.1. The first-order valence-corrected chi connectivity index (χ1v) is 8.24. The minimum Gasteiger partial charge on any atom is -0.443 e. The maximum atomic E-state index is 12.9. The third kappa shape index (κ3) is 3.03. The Balaban J connectivity index is 1.84. The number of amides is 2. The number of hydrogen-bond acceptors (Lipinski definition) is 4. The fraction of sp³-hybridized carbons (Fsp3) is 0.389. The summed E-state index contributed by atoms with van der Waals surface area (Å²) in [5.41, 5.74) is 0.553. The van der Waals surface area contributed by atoms with Gasteiger partial charge in [-0.05, 0) is 31.9 Å². The van der Waals surface area contributed by atoms with E-state index in [-0.39, 0.29) is 23.3 Å². The van der Waals surface area contributed by atoms with E-state index in [0.717, 1.165) is 0 Å². The Morgan fingerprint density at radius 2 is 1.92 bits per heavy atom. The zero-order chi connectivity index (χ0) is 18.0. The van der Waals surface area contributed by atoms with Crippen molar-refractivity contribution in [1.82, 2.24) is 14.8 Å². The smallest absolute Gasteiger partial charge is 0.258 e. The van der Waals surface area contributed by atoms with Crippen molar-refractivity contribution in [3.8, 4) is 12.0 Å². The van der Waals surface area contributed by atoms with Crippen molar-refractivity contribution in [3.05, 3.63) is 41.4 Å². The van der Waals surface area contributed by atoms with Crippen molar-refractivity contribution in [2.45, 2.75) is 19.8 Å². The number of furan rings is 1. The summed E-state index contributed by atoms with van der Waals surface area (Å²) < 4.78 is 7.38. The standard InChI is InChI=1S/C18H20N4O3/c1-12-15(14(11-19)18(25-12)22-7-3-4-8-22)17(24)21-9-5-13(6-10-21)16(23)20-2/h3-4,7-8,13H,5-6,9-10H2,1-2H3,(H,20,23). The first kappa shape index (κ1) is 16.8. The Morgan fingerprint density at radius 1 is 1.28 bits per heavy atom. The quantitative estimate of drug-likeness (QED) is 0.923. The average molecular weight is 340 g/mol. The predicted octanol–water partition coefficient (Wildman–Crippen LogP) is 1.85. The highest BCUT2D eigenvalue weighted by Gasteiger charge is 2.32. The van der Waals surface area contributed by atoms with Gasteiger partial charge in [0.05, 0.1) is 0 Å². The molecule has 0 atom stereocenters. The number of carbonyl (C=O) groups excluding carboxylic acids is 2. The Bertz CT molecular complexity index is 821. The topological polar surface area (TPSA) is 91.3 Å². The second kappa shape index (κ2) is 6.85. The number of likely N-dealkylation sites (tertiary alicyclic amines) is 1. The van der Waals surface area contributed by atoms with E-state index in [1.807, 2.05) is 12.1 Å². The largest absolute Gasteiger partial charge is 0.443 e. The van der Waals surface area contributed by atoms with Gasteiger partial charge in [-0.15, -0.1) is 0 Å². The molecule has 1 aliphatic heterocycles. The number of nitrogens with one attached hydrogen (secondary N) is 1. The highest BCUT2D eigenvalue weighted by molar-refractivity contribution is 5.98. The van der Waals surface area contributed by atoms with Gasteiger partial charge in [-0.2, -0.15) is 5.26 Å². The van der Waals surface area contributed by atoms with E-state index in [2.05, 4.69) is 11.4 Å². The van der Waals surface area contributed by atoms with Crippen molar-refractivity contribution < 1.29 is 14.0 Å². The Hall–Kier alpha value is -3.01. The highest BCUT2D eigenvalue weighted by Crippen LogP contribution is 2.28. The van der Waals surface area contributed by atoms with Crippen LogP contribution in [0.2, 0.25) is 0 Å². The van der Waals surface area contributed by atoms with Crippen molar-refractivity contribution >= 4 is 11.8 Å². The molecule has 2 amide bonds. The normalized spacial score (nSPS) is 15.0. The van der Waals surface area contributed by atoms with E-state index in [9.17, 15) is 14.9 Å². The van der Waals surface area contributed by atoms with Crippen LogP contribution in [0.5, 0.6) is 0 Å². The minimum atomic E-state index is -0.216. The third-order valence-electron chi connectivity index (χ3n) is 4.63. The monoisotopic (exact) mass is 340 g/mol. The molecule has 2 aromatic rings. The van der Waals surface area contributed by atoms with E-state index in [1.165, 1.54) is 0 Å². The Labute approximate surface area is 145 Å². The molecule has 0 spiro atoms. The van der Waals surface area contributed by atoms with Gasteiger partial charge in [0.1, 0.15) is 23.0 Å². The van der Waals surface area contributed by atoms with Gasteiger partial charge in [-0.1, -0.05) is 0 Å². The molecule has 1 fully saturated rings. The average Bonchev–Trinajstić information content (AvgIpc) is 3.27. The lowest BCUT2D eigenvalue weighted by Crippen LogP contribution is -2.42. The second-order valence-electron chi connectivity index (χ2n) is 6.10. The number of aromatic nitrogens is 1. The molecule has 0 unspecified atom stereocenters. The van der Waals surface area contributed by atoms with Gasteiger partial charge in [0.25, 0.3) is 5.91 Å². The lowest BCUT2D eigenvalue weighted by atomic mass is 9.95. The van der Waals surface area contributed by atoms with Crippen molar-refractivity contribution in [3.63, 3.8) is 0 Å². The summed E-state index contributed by atoms with van der Waals surface area (Å²) in [5, 5.41) is 12.2. The highest BCUT2D eigenvalue weighted by atomic mass is 16.4. The second-order valence-corrected chi connectivity index (χ2v) is 6.10. The molecule has 0 aliphatic carbocycles. The van der Waals surface area contributed by atoms with Gasteiger partial charge in [0, 0.05) is 38.4 Å². The van der Waals surface area contributed by atoms with Crippen LogP contribution in [0.4, 0.5) is 0 Å². The first-order valence-electron chi connectivity index (χ1n) is 8.24. The van der Waals surface area contributed by atoms with E-state index in [0.29, 0.717) is 43.1 Å². The van der Waals surface area contributed by atoms with Gasteiger partial charge < -0.3 is 14.6 Å². The van der Waals surface area contributed by atoms with E-state index < -0.39 is 0 Å².